The lowest BCUT2D eigenvalue weighted by Gasteiger charge is -2.25. The lowest BCUT2D eigenvalue weighted by atomic mass is 10.1. The minimum Gasteiger partial charge on any atom is -0.497 e. The van der Waals surface area contributed by atoms with Crippen molar-refractivity contribution in [2.24, 2.45) is 0 Å². The van der Waals surface area contributed by atoms with E-state index in [9.17, 15) is 5.26 Å². The van der Waals surface area contributed by atoms with Crippen LogP contribution in [0.4, 0.5) is 5.69 Å². The van der Waals surface area contributed by atoms with Gasteiger partial charge in [-0.3, -0.25) is 0 Å². The van der Waals surface area contributed by atoms with Gasteiger partial charge in [-0.15, -0.1) is 0 Å². The summed E-state index contributed by atoms with van der Waals surface area (Å²) in [7, 11) is 4.93. The highest BCUT2D eigenvalue weighted by molar-refractivity contribution is 5.62. The van der Waals surface area contributed by atoms with Crippen LogP contribution in [0, 0.1) is 11.3 Å². The highest BCUT2D eigenvalue weighted by atomic mass is 16.5. The quantitative estimate of drug-likeness (QED) is 0.715. The van der Waals surface area contributed by atoms with Crippen LogP contribution in [0.2, 0.25) is 0 Å². The summed E-state index contributed by atoms with van der Waals surface area (Å²) in [4.78, 5) is 2.06. The van der Waals surface area contributed by atoms with Gasteiger partial charge in [0.1, 0.15) is 11.8 Å². The van der Waals surface area contributed by atoms with Crippen molar-refractivity contribution in [1.82, 2.24) is 0 Å². The van der Waals surface area contributed by atoms with Crippen molar-refractivity contribution in [1.29, 1.82) is 5.26 Å². The Hall–Kier alpha value is -1.77. The van der Waals surface area contributed by atoms with Crippen LogP contribution in [0.15, 0.2) is 18.2 Å². The van der Waals surface area contributed by atoms with Gasteiger partial charge >= 0.3 is 0 Å². The Balaban J connectivity index is 3.00. The molecule has 1 rings (SSSR count). The average Bonchev–Trinajstić information content (AvgIpc) is 2.47. The summed E-state index contributed by atoms with van der Waals surface area (Å²) < 4.78 is 15.4. The molecule has 1 aromatic carbocycles. The Labute approximate surface area is 114 Å². The van der Waals surface area contributed by atoms with E-state index in [4.69, 9.17) is 14.2 Å². The highest BCUT2D eigenvalue weighted by Gasteiger charge is 2.12. The van der Waals surface area contributed by atoms with Gasteiger partial charge in [0.25, 0.3) is 0 Å². The van der Waals surface area contributed by atoms with E-state index in [-0.39, 0.29) is 0 Å². The second-order valence-corrected chi connectivity index (χ2v) is 3.97. The van der Waals surface area contributed by atoms with Crippen molar-refractivity contribution >= 4 is 5.69 Å². The highest BCUT2D eigenvalue weighted by Crippen LogP contribution is 2.25. The molecule has 0 radical (unpaired) electrons. The van der Waals surface area contributed by atoms with E-state index < -0.39 is 0 Å². The van der Waals surface area contributed by atoms with Gasteiger partial charge in [-0.1, -0.05) is 0 Å². The molecule has 0 amide bonds. The van der Waals surface area contributed by atoms with E-state index in [1.807, 2.05) is 6.07 Å². The molecule has 0 aliphatic heterocycles. The van der Waals surface area contributed by atoms with Crippen LogP contribution in [0.1, 0.15) is 5.56 Å². The summed E-state index contributed by atoms with van der Waals surface area (Å²) >= 11 is 0. The minimum atomic E-state index is 0.589. The van der Waals surface area contributed by atoms with E-state index in [0.29, 0.717) is 31.9 Å². The van der Waals surface area contributed by atoms with Crippen LogP contribution < -0.4 is 9.64 Å². The van der Waals surface area contributed by atoms with Gasteiger partial charge in [0.15, 0.2) is 0 Å². The number of hydrogen-bond donors (Lipinski definition) is 0. The average molecular weight is 264 g/mol. The third kappa shape index (κ3) is 4.43. The van der Waals surface area contributed by atoms with Gasteiger partial charge in [-0.2, -0.15) is 5.26 Å². The molecule has 0 unspecified atom stereocenters. The standard InChI is InChI=1S/C14H20N2O3/c1-17-8-6-16(7-9-18-2)14-10-13(19-3)5-4-12(14)11-15/h4-5,10H,6-9H2,1-3H3. The van der Waals surface area contributed by atoms with E-state index in [2.05, 4.69) is 11.0 Å². The molecular formula is C14H20N2O3. The van der Waals surface area contributed by atoms with Gasteiger partial charge in [-0.25, -0.2) is 0 Å². The first-order chi connectivity index (χ1) is 9.26. The monoisotopic (exact) mass is 264 g/mol. The lowest BCUT2D eigenvalue weighted by Crippen LogP contribution is -2.31. The number of ether oxygens (including phenoxy) is 3. The largest absolute Gasteiger partial charge is 0.497 e. The van der Waals surface area contributed by atoms with E-state index in [1.54, 1.807) is 33.5 Å². The molecule has 0 saturated heterocycles. The molecule has 0 fully saturated rings. The van der Waals surface area contributed by atoms with Gasteiger partial charge in [0.05, 0.1) is 31.6 Å². The summed E-state index contributed by atoms with van der Waals surface area (Å²) in [6.45, 7) is 2.57. The molecule has 0 saturated carbocycles. The third-order valence-corrected chi connectivity index (χ3v) is 2.80. The first-order valence-electron chi connectivity index (χ1n) is 6.07. The van der Waals surface area contributed by atoms with Crippen molar-refractivity contribution < 1.29 is 14.2 Å². The molecular weight excluding hydrogens is 244 g/mol. The first-order valence-corrected chi connectivity index (χ1v) is 6.07. The number of rotatable bonds is 8. The Morgan fingerprint density at radius 1 is 1.11 bits per heavy atom. The lowest BCUT2D eigenvalue weighted by molar-refractivity contribution is 0.190. The Kier molecular flexibility index (Phi) is 6.72. The molecule has 104 valence electrons. The van der Waals surface area contributed by atoms with Crippen LogP contribution in [0.25, 0.3) is 0 Å². The van der Waals surface area contributed by atoms with Crippen molar-refractivity contribution in [2.45, 2.75) is 0 Å². The maximum Gasteiger partial charge on any atom is 0.121 e. The predicted molar refractivity (Wildman–Crippen MR) is 73.7 cm³/mol. The van der Waals surface area contributed by atoms with Gasteiger partial charge in [-0.05, 0) is 12.1 Å². The fourth-order valence-electron chi connectivity index (χ4n) is 1.75. The Morgan fingerprint density at radius 3 is 2.21 bits per heavy atom. The van der Waals surface area contributed by atoms with Gasteiger partial charge in [0.2, 0.25) is 0 Å². The zero-order valence-corrected chi connectivity index (χ0v) is 11.7. The number of nitrogens with zero attached hydrogens (tertiary/aromatic N) is 2. The predicted octanol–water partition coefficient (Wildman–Crippen LogP) is 1.67. The number of methoxy groups -OCH3 is 3. The summed E-state index contributed by atoms with van der Waals surface area (Å²) in [5.74, 6) is 0.730. The smallest absolute Gasteiger partial charge is 0.121 e. The Bertz CT molecular complexity index is 421. The summed E-state index contributed by atoms with van der Waals surface area (Å²) in [5, 5.41) is 9.20. The molecule has 0 N–H and O–H groups in total. The van der Waals surface area contributed by atoms with Gasteiger partial charge < -0.3 is 19.1 Å². The third-order valence-electron chi connectivity index (χ3n) is 2.80. The second kappa shape index (κ2) is 8.35. The maximum atomic E-state index is 9.20. The Morgan fingerprint density at radius 2 is 1.74 bits per heavy atom. The molecule has 0 atom stereocenters. The maximum absolute atomic E-state index is 9.20. The van der Waals surface area contributed by atoms with E-state index >= 15 is 0 Å². The van der Waals surface area contributed by atoms with Crippen molar-refractivity contribution in [3.05, 3.63) is 23.8 Å². The molecule has 5 heteroatoms. The fourth-order valence-corrected chi connectivity index (χ4v) is 1.75. The molecule has 0 aliphatic carbocycles. The SMILES string of the molecule is COCCN(CCOC)c1cc(OC)ccc1C#N. The molecule has 0 aromatic heterocycles. The van der Waals surface area contributed by atoms with Gasteiger partial charge in [0, 0.05) is 33.4 Å². The molecule has 1 aromatic rings. The molecule has 0 spiro atoms. The van der Waals surface area contributed by atoms with Crippen LogP contribution in [0.3, 0.4) is 0 Å². The van der Waals surface area contributed by atoms with Crippen LogP contribution in [-0.2, 0) is 9.47 Å². The van der Waals surface area contributed by atoms with Crippen LogP contribution in [-0.4, -0.2) is 47.6 Å². The number of nitriles is 1. The number of benzene rings is 1. The zero-order chi connectivity index (χ0) is 14.1. The molecule has 19 heavy (non-hydrogen) atoms. The molecule has 0 bridgehead atoms. The topological polar surface area (TPSA) is 54.7 Å². The van der Waals surface area contributed by atoms with Crippen molar-refractivity contribution in [3.8, 4) is 11.8 Å². The van der Waals surface area contributed by atoms with Crippen molar-refractivity contribution in [2.75, 3.05) is 52.5 Å². The van der Waals surface area contributed by atoms with E-state index in [1.165, 1.54) is 0 Å². The van der Waals surface area contributed by atoms with Crippen LogP contribution in [0.5, 0.6) is 5.75 Å². The zero-order valence-electron chi connectivity index (χ0n) is 11.7. The van der Waals surface area contributed by atoms with Crippen LogP contribution >= 0.6 is 0 Å². The summed E-state index contributed by atoms with van der Waals surface area (Å²) in [5.41, 5.74) is 1.46. The van der Waals surface area contributed by atoms with Crippen molar-refractivity contribution in [3.63, 3.8) is 0 Å². The number of anilines is 1. The van der Waals surface area contributed by atoms with E-state index in [0.717, 1.165) is 11.4 Å². The normalized spacial score (nSPS) is 10.0. The number of hydrogen-bond acceptors (Lipinski definition) is 5. The molecule has 0 heterocycles. The second-order valence-electron chi connectivity index (χ2n) is 3.97. The fraction of sp³-hybridized carbons (Fsp3) is 0.500. The summed E-state index contributed by atoms with van der Waals surface area (Å²) in [6.07, 6.45) is 0. The first kappa shape index (κ1) is 15.3. The molecule has 0 aliphatic rings. The summed E-state index contributed by atoms with van der Waals surface area (Å²) in [6, 6.07) is 7.62. The molecule has 5 nitrogen and oxygen atoms in total. The minimum absolute atomic E-state index is 0.589.